The monoisotopic (exact) mass is 660 g/mol. The number of pyridine rings is 2. The van der Waals surface area contributed by atoms with Gasteiger partial charge < -0.3 is 10.1 Å². The van der Waals surface area contributed by atoms with Gasteiger partial charge in [-0.1, -0.05) is 57.4 Å². The van der Waals surface area contributed by atoms with Gasteiger partial charge in [0.2, 0.25) is 0 Å². The summed E-state index contributed by atoms with van der Waals surface area (Å²) in [4.78, 5) is 20.8. The number of halogens is 2. The van der Waals surface area contributed by atoms with E-state index in [0.29, 0.717) is 23.5 Å². The maximum Gasteiger partial charge on any atom is 0.354 e. The Morgan fingerprint density at radius 2 is 1.71 bits per heavy atom. The maximum absolute atomic E-state index is 15.3. The Morgan fingerprint density at radius 3 is 2.31 bits per heavy atom. The average molecular weight is 661 g/mol. The molecule has 1 aromatic carbocycles. The smallest absolute Gasteiger partial charge is 0.354 e. The van der Waals surface area contributed by atoms with E-state index in [1.54, 1.807) is 31.2 Å². The summed E-state index contributed by atoms with van der Waals surface area (Å²) < 4.78 is 29.7. The van der Waals surface area contributed by atoms with Crippen LogP contribution in [0.5, 0.6) is 0 Å². The molecule has 190 valence electrons. The number of carboxylic acids is 1. The van der Waals surface area contributed by atoms with Gasteiger partial charge in [-0.05, 0) is 61.6 Å². The van der Waals surface area contributed by atoms with Crippen molar-refractivity contribution in [2.75, 3.05) is 0 Å². The molecule has 0 saturated carbocycles. The van der Waals surface area contributed by atoms with Crippen LogP contribution in [-0.2, 0) is 26.5 Å². The van der Waals surface area contributed by atoms with E-state index in [1.807, 2.05) is 40.7 Å². The van der Waals surface area contributed by atoms with E-state index in [0.717, 1.165) is 18.1 Å². The number of carboxylic acid groups (broad SMARTS) is 1. The average Bonchev–Trinajstić information content (AvgIpc) is 2.83. The molecule has 0 aliphatic rings. The summed E-state index contributed by atoms with van der Waals surface area (Å²) in [6.07, 6.45) is 1.46. The summed E-state index contributed by atoms with van der Waals surface area (Å²) in [5.74, 6) is -2.47. The first-order chi connectivity index (χ1) is 16.0. The third kappa shape index (κ3) is 5.86. The van der Waals surface area contributed by atoms with Crippen LogP contribution in [0.4, 0.5) is 8.78 Å². The minimum Gasteiger partial charge on any atom is -0.477 e. The molecule has 0 aliphatic carbocycles. The van der Waals surface area contributed by atoms with Crippen molar-refractivity contribution in [3.63, 3.8) is 0 Å². The zero-order chi connectivity index (χ0) is 25.2. The van der Waals surface area contributed by atoms with Gasteiger partial charge in [-0.15, -0.1) is 12.1 Å². The van der Waals surface area contributed by atoms with Crippen LogP contribution in [0.2, 0.25) is 0 Å². The van der Waals surface area contributed by atoms with Crippen LogP contribution < -0.4 is 0 Å². The topological polar surface area (TPSA) is 63.1 Å². The Balaban J connectivity index is 0.00000432. The van der Waals surface area contributed by atoms with Gasteiger partial charge in [0, 0.05) is 43.8 Å². The number of aromatic carboxylic acids is 1. The molecule has 0 saturated heterocycles. The van der Waals surface area contributed by atoms with Gasteiger partial charge in [0.1, 0.15) is 5.69 Å². The van der Waals surface area contributed by atoms with E-state index >= 15 is 4.39 Å². The Kier molecular flexibility index (Phi) is 9.47. The minimum absolute atomic E-state index is 0. The molecule has 0 aliphatic heterocycles. The zero-order valence-corrected chi connectivity index (χ0v) is 23.1. The molecule has 0 fully saturated rings. The van der Waals surface area contributed by atoms with Crippen molar-refractivity contribution < 1.29 is 39.7 Å². The van der Waals surface area contributed by atoms with Gasteiger partial charge in [0.25, 0.3) is 0 Å². The van der Waals surface area contributed by atoms with Crippen LogP contribution in [0.25, 0.3) is 11.3 Å². The van der Waals surface area contributed by atoms with E-state index in [1.165, 1.54) is 0 Å². The fourth-order valence-corrected chi connectivity index (χ4v) is 3.91. The van der Waals surface area contributed by atoms with Crippen molar-refractivity contribution in [1.82, 2.24) is 9.97 Å². The van der Waals surface area contributed by atoms with Crippen LogP contribution in [0.3, 0.4) is 0 Å². The summed E-state index contributed by atoms with van der Waals surface area (Å²) in [6.45, 7) is 11.6. The molecule has 2 aromatic heterocycles. The molecule has 35 heavy (non-hydrogen) atoms. The number of hydrogen-bond donors (Lipinski definition) is 1. The third-order valence-corrected chi connectivity index (χ3v) is 6.70. The normalized spacial score (nSPS) is 13.1. The molecule has 2 atom stereocenters. The maximum atomic E-state index is 15.3. The van der Waals surface area contributed by atoms with Gasteiger partial charge in [-0.2, -0.15) is 0 Å². The summed E-state index contributed by atoms with van der Waals surface area (Å²) in [7, 11) is 0. The number of rotatable bonds is 8. The number of benzene rings is 1. The van der Waals surface area contributed by atoms with Gasteiger partial charge in [0.05, 0.1) is 5.69 Å². The van der Waals surface area contributed by atoms with Crippen molar-refractivity contribution in [1.29, 1.82) is 0 Å². The SMILES string of the molecule is CCC(C)c1cc(C(=O)O)nc(C(C)(C)c2cccc(-c3[c-]cc(F)c(C(C)CC)c3F)n2)c1.[Pt]. The Labute approximate surface area is 220 Å². The molecule has 2 unspecified atom stereocenters. The molecule has 3 rings (SSSR count). The predicted molar refractivity (Wildman–Crippen MR) is 129 cm³/mol. The standard InChI is InChI=1S/C28H31F2N2O2.Pt/c1-7-16(3)18-14-22(27(33)34)32-24(15-18)28(5,6)23-11-9-10-21(31-23)19-12-13-20(29)25(26(19)30)17(4)8-2;/h9-11,13-17H,7-8H2,1-6H3,(H,33,34);/q-1;. The molecule has 0 radical (unpaired) electrons. The molecule has 7 heteroatoms. The predicted octanol–water partition coefficient (Wildman–Crippen LogP) is 7.27. The van der Waals surface area contributed by atoms with Crippen LogP contribution in [0, 0.1) is 17.7 Å². The van der Waals surface area contributed by atoms with Gasteiger partial charge in [-0.3, -0.25) is 8.78 Å². The quantitative estimate of drug-likeness (QED) is 0.258. The van der Waals surface area contributed by atoms with Crippen molar-refractivity contribution in [2.24, 2.45) is 0 Å². The van der Waals surface area contributed by atoms with Crippen LogP contribution in [-0.4, -0.2) is 21.0 Å². The molecule has 1 N–H and O–H groups in total. The number of hydrogen-bond acceptors (Lipinski definition) is 3. The van der Waals surface area contributed by atoms with E-state index in [-0.39, 0.29) is 49.7 Å². The second-order valence-corrected chi connectivity index (χ2v) is 9.37. The summed E-state index contributed by atoms with van der Waals surface area (Å²) in [5.41, 5.74) is 1.76. The van der Waals surface area contributed by atoms with Gasteiger partial charge in [0.15, 0.2) is 0 Å². The summed E-state index contributed by atoms with van der Waals surface area (Å²) in [6, 6.07) is 12.6. The number of nitrogens with zero attached hydrogens (tertiary/aromatic N) is 2. The first-order valence-corrected chi connectivity index (χ1v) is 11.6. The fraction of sp³-hybridized carbons (Fsp3) is 0.393. The molecule has 0 spiro atoms. The first-order valence-electron chi connectivity index (χ1n) is 11.6. The Bertz CT molecular complexity index is 1210. The van der Waals surface area contributed by atoms with Crippen molar-refractivity contribution in [2.45, 2.75) is 71.6 Å². The number of carbonyl (C=O) groups is 1. The van der Waals surface area contributed by atoms with Gasteiger partial charge in [-0.25, -0.2) is 9.78 Å². The zero-order valence-electron chi connectivity index (χ0n) is 20.9. The third-order valence-electron chi connectivity index (χ3n) is 6.70. The van der Waals surface area contributed by atoms with Crippen molar-refractivity contribution >= 4 is 5.97 Å². The Morgan fingerprint density at radius 1 is 1.06 bits per heavy atom. The molecule has 2 heterocycles. The summed E-state index contributed by atoms with van der Waals surface area (Å²) >= 11 is 0. The molecule has 0 bridgehead atoms. The molecule has 4 nitrogen and oxygen atoms in total. The van der Waals surface area contributed by atoms with Crippen LogP contribution >= 0.6 is 0 Å². The molecule has 0 amide bonds. The molecular weight excluding hydrogens is 629 g/mol. The van der Waals surface area contributed by atoms with Crippen LogP contribution in [0.1, 0.15) is 99.2 Å². The van der Waals surface area contributed by atoms with E-state index in [4.69, 9.17) is 4.98 Å². The molecule has 3 aromatic rings. The first kappa shape index (κ1) is 28.8. The van der Waals surface area contributed by atoms with E-state index in [9.17, 15) is 14.3 Å². The second kappa shape index (κ2) is 11.5. The van der Waals surface area contributed by atoms with Crippen molar-refractivity contribution in [3.8, 4) is 11.3 Å². The fourth-order valence-electron chi connectivity index (χ4n) is 3.91. The largest absolute Gasteiger partial charge is 0.477 e. The second-order valence-electron chi connectivity index (χ2n) is 9.37. The van der Waals surface area contributed by atoms with E-state index in [2.05, 4.69) is 11.1 Å². The van der Waals surface area contributed by atoms with Crippen molar-refractivity contribution in [3.05, 3.63) is 82.3 Å². The van der Waals surface area contributed by atoms with Gasteiger partial charge >= 0.3 is 5.97 Å². The van der Waals surface area contributed by atoms with Crippen LogP contribution in [0.15, 0.2) is 36.4 Å². The number of aromatic nitrogens is 2. The minimum atomic E-state index is -1.09. The Hall–Kier alpha value is -2.46. The molecular formula is C28H31F2N2O2Pt-. The summed E-state index contributed by atoms with van der Waals surface area (Å²) in [5, 5.41) is 9.61. The van der Waals surface area contributed by atoms with E-state index < -0.39 is 23.0 Å².